The van der Waals surface area contributed by atoms with E-state index in [-0.39, 0.29) is 11.8 Å². The Morgan fingerprint density at radius 1 is 0.923 bits per heavy atom. The zero-order valence-electron chi connectivity index (χ0n) is 14.6. The molecule has 2 aromatic heterocycles. The van der Waals surface area contributed by atoms with Crippen LogP contribution in [0.15, 0.2) is 41.1 Å². The summed E-state index contributed by atoms with van der Waals surface area (Å²) in [7, 11) is 0. The van der Waals surface area contributed by atoms with Gasteiger partial charge in [0.25, 0.3) is 11.8 Å². The lowest BCUT2D eigenvalue weighted by Crippen LogP contribution is -2.49. The smallest absolute Gasteiger partial charge is 0.289 e. The molecule has 0 bridgehead atoms. The van der Waals surface area contributed by atoms with Gasteiger partial charge >= 0.3 is 0 Å². The Morgan fingerprint density at radius 3 is 2.35 bits per heavy atom. The van der Waals surface area contributed by atoms with Crippen LogP contribution in [0, 0.1) is 0 Å². The normalized spacial score (nSPS) is 17.6. The number of aromatic nitrogens is 1. The molecule has 2 aromatic rings. The van der Waals surface area contributed by atoms with Crippen molar-refractivity contribution in [2.24, 2.45) is 0 Å². The topological polar surface area (TPSA) is 69.9 Å². The number of furan rings is 1. The molecule has 4 rings (SSSR count). The zero-order chi connectivity index (χ0) is 17.9. The quantitative estimate of drug-likeness (QED) is 0.842. The summed E-state index contributed by atoms with van der Waals surface area (Å²) in [6, 6.07) is 7.05. The summed E-state index contributed by atoms with van der Waals surface area (Å²) in [5.74, 6) is 1.16. The van der Waals surface area contributed by atoms with Crippen LogP contribution in [-0.2, 0) is 0 Å². The third-order valence-electron chi connectivity index (χ3n) is 5.01. The van der Waals surface area contributed by atoms with E-state index in [1.54, 1.807) is 29.3 Å². The van der Waals surface area contributed by atoms with Gasteiger partial charge in [-0.2, -0.15) is 0 Å². The average Bonchev–Trinajstić information content (AvgIpc) is 3.41. The van der Waals surface area contributed by atoms with Crippen LogP contribution in [0.1, 0.15) is 33.8 Å². The standard InChI is InChI=1S/C19H22N4O3/c24-18(22-7-1-2-8-22)15-5-6-20-17(14-15)21-9-11-23(12-10-21)19(25)16-4-3-13-26-16/h3-6,13-14H,1-2,7-12H2. The molecule has 136 valence electrons. The van der Waals surface area contributed by atoms with E-state index in [1.807, 2.05) is 11.0 Å². The van der Waals surface area contributed by atoms with E-state index in [0.29, 0.717) is 37.5 Å². The maximum Gasteiger partial charge on any atom is 0.289 e. The number of piperazine rings is 1. The van der Waals surface area contributed by atoms with E-state index >= 15 is 0 Å². The fraction of sp³-hybridized carbons (Fsp3) is 0.421. The summed E-state index contributed by atoms with van der Waals surface area (Å²) in [5, 5.41) is 0. The lowest BCUT2D eigenvalue weighted by Gasteiger charge is -2.35. The fourth-order valence-corrected chi connectivity index (χ4v) is 3.52. The third-order valence-corrected chi connectivity index (χ3v) is 5.01. The molecule has 7 nitrogen and oxygen atoms in total. The van der Waals surface area contributed by atoms with E-state index < -0.39 is 0 Å². The second kappa shape index (κ2) is 7.19. The molecule has 0 aromatic carbocycles. The summed E-state index contributed by atoms with van der Waals surface area (Å²) < 4.78 is 5.19. The number of hydrogen-bond donors (Lipinski definition) is 0. The molecule has 0 N–H and O–H groups in total. The lowest BCUT2D eigenvalue weighted by atomic mass is 10.2. The second-order valence-electron chi connectivity index (χ2n) is 6.66. The molecule has 4 heterocycles. The highest BCUT2D eigenvalue weighted by molar-refractivity contribution is 5.95. The largest absolute Gasteiger partial charge is 0.459 e. The van der Waals surface area contributed by atoms with Gasteiger partial charge in [-0.25, -0.2) is 4.98 Å². The molecule has 7 heteroatoms. The summed E-state index contributed by atoms with van der Waals surface area (Å²) in [6.07, 6.45) is 5.36. The van der Waals surface area contributed by atoms with E-state index in [0.717, 1.165) is 31.7 Å². The molecule has 0 unspecified atom stereocenters. The van der Waals surface area contributed by atoms with Gasteiger partial charge in [-0.1, -0.05) is 0 Å². The molecule has 0 spiro atoms. The molecule has 2 amide bonds. The van der Waals surface area contributed by atoms with Crippen LogP contribution in [0.4, 0.5) is 5.82 Å². The number of carbonyl (C=O) groups is 2. The second-order valence-corrected chi connectivity index (χ2v) is 6.66. The molecule has 0 aliphatic carbocycles. The summed E-state index contributed by atoms with van der Waals surface area (Å²) in [6.45, 7) is 4.24. The van der Waals surface area contributed by atoms with Crippen LogP contribution in [0.25, 0.3) is 0 Å². The maximum absolute atomic E-state index is 12.6. The summed E-state index contributed by atoms with van der Waals surface area (Å²) in [4.78, 5) is 35.1. The number of pyridine rings is 1. The van der Waals surface area contributed by atoms with Crippen LogP contribution in [0.2, 0.25) is 0 Å². The molecule has 0 saturated carbocycles. The minimum absolute atomic E-state index is 0.0813. The minimum Gasteiger partial charge on any atom is -0.459 e. The lowest BCUT2D eigenvalue weighted by molar-refractivity contribution is 0.0714. The van der Waals surface area contributed by atoms with Gasteiger partial charge in [-0.3, -0.25) is 9.59 Å². The number of carbonyl (C=O) groups excluding carboxylic acids is 2. The highest BCUT2D eigenvalue weighted by Crippen LogP contribution is 2.19. The van der Waals surface area contributed by atoms with Gasteiger partial charge in [0.15, 0.2) is 5.76 Å². The number of amides is 2. The zero-order valence-corrected chi connectivity index (χ0v) is 14.6. The van der Waals surface area contributed by atoms with Crippen molar-refractivity contribution in [3.05, 3.63) is 48.0 Å². The Hall–Kier alpha value is -2.83. The Balaban J connectivity index is 1.40. The predicted molar refractivity (Wildman–Crippen MR) is 96.2 cm³/mol. The highest BCUT2D eigenvalue weighted by Gasteiger charge is 2.25. The van der Waals surface area contributed by atoms with Gasteiger partial charge in [0, 0.05) is 51.0 Å². The van der Waals surface area contributed by atoms with Gasteiger partial charge in [0.2, 0.25) is 0 Å². The van der Waals surface area contributed by atoms with Crippen molar-refractivity contribution in [2.45, 2.75) is 12.8 Å². The van der Waals surface area contributed by atoms with Crippen LogP contribution >= 0.6 is 0 Å². The van der Waals surface area contributed by atoms with Crippen LogP contribution in [0.5, 0.6) is 0 Å². The molecular formula is C19H22N4O3. The van der Waals surface area contributed by atoms with E-state index in [2.05, 4.69) is 9.88 Å². The third kappa shape index (κ3) is 3.29. The number of nitrogens with zero attached hydrogens (tertiary/aromatic N) is 4. The summed E-state index contributed by atoms with van der Waals surface area (Å²) >= 11 is 0. The fourth-order valence-electron chi connectivity index (χ4n) is 3.52. The first-order valence-corrected chi connectivity index (χ1v) is 9.05. The maximum atomic E-state index is 12.6. The summed E-state index contributed by atoms with van der Waals surface area (Å²) in [5.41, 5.74) is 0.686. The Kier molecular flexibility index (Phi) is 4.60. The van der Waals surface area contributed by atoms with Crippen LogP contribution < -0.4 is 4.90 Å². The molecule has 0 atom stereocenters. The Morgan fingerprint density at radius 2 is 1.65 bits per heavy atom. The Bertz CT molecular complexity index is 776. The molecule has 2 saturated heterocycles. The van der Waals surface area contributed by atoms with E-state index in [9.17, 15) is 9.59 Å². The van der Waals surface area contributed by atoms with Crippen molar-refractivity contribution in [1.29, 1.82) is 0 Å². The number of anilines is 1. The van der Waals surface area contributed by atoms with Crippen molar-refractivity contribution in [3.63, 3.8) is 0 Å². The van der Waals surface area contributed by atoms with Crippen LogP contribution in [-0.4, -0.2) is 65.9 Å². The van der Waals surface area contributed by atoms with E-state index in [4.69, 9.17) is 4.42 Å². The average molecular weight is 354 g/mol. The number of hydrogen-bond acceptors (Lipinski definition) is 5. The van der Waals surface area contributed by atoms with Gasteiger partial charge in [-0.15, -0.1) is 0 Å². The molecular weight excluding hydrogens is 332 g/mol. The van der Waals surface area contributed by atoms with Crippen molar-refractivity contribution >= 4 is 17.6 Å². The van der Waals surface area contributed by atoms with Crippen LogP contribution in [0.3, 0.4) is 0 Å². The van der Waals surface area contributed by atoms with Crippen molar-refractivity contribution in [3.8, 4) is 0 Å². The van der Waals surface area contributed by atoms with Gasteiger partial charge < -0.3 is 19.1 Å². The molecule has 2 aliphatic rings. The first-order chi connectivity index (χ1) is 12.7. The molecule has 26 heavy (non-hydrogen) atoms. The Labute approximate surface area is 152 Å². The predicted octanol–water partition coefficient (Wildman–Crippen LogP) is 1.87. The number of likely N-dealkylation sites (tertiary alicyclic amines) is 1. The molecule has 2 aliphatic heterocycles. The monoisotopic (exact) mass is 354 g/mol. The van der Waals surface area contributed by atoms with Gasteiger partial charge in [0.05, 0.1) is 6.26 Å². The minimum atomic E-state index is -0.0828. The van der Waals surface area contributed by atoms with Gasteiger partial charge in [0.1, 0.15) is 5.82 Å². The highest BCUT2D eigenvalue weighted by atomic mass is 16.3. The SMILES string of the molecule is O=C(c1ccnc(N2CCN(C(=O)c3ccco3)CC2)c1)N1CCCC1. The van der Waals surface area contributed by atoms with E-state index in [1.165, 1.54) is 6.26 Å². The van der Waals surface area contributed by atoms with Crippen molar-refractivity contribution < 1.29 is 14.0 Å². The number of rotatable bonds is 3. The molecule has 2 fully saturated rings. The van der Waals surface area contributed by atoms with Crippen molar-refractivity contribution in [2.75, 3.05) is 44.2 Å². The first kappa shape index (κ1) is 16.6. The van der Waals surface area contributed by atoms with Gasteiger partial charge in [-0.05, 0) is 37.1 Å². The first-order valence-electron chi connectivity index (χ1n) is 9.05. The molecule has 0 radical (unpaired) electrons. The van der Waals surface area contributed by atoms with Crippen molar-refractivity contribution in [1.82, 2.24) is 14.8 Å².